The van der Waals surface area contributed by atoms with Crippen LogP contribution in [-0.4, -0.2) is 49.0 Å². The third kappa shape index (κ3) is 1.39. The number of guanidine groups is 1. The molecule has 0 amide bonds. The first-order chi connectivity index (χ1) is 6.75. The lowest BCUT2D eigenvalue weighted by molar-refractivity contribution is 0.290. The van der Waals surface area contributed by atoms with Crippen LogP contribution in [0.2, 0.25) is 0 Å². The van der Waals surface area contributed by atoms with Crippen LogP contribution in [0, 0.1) is 0 Å². The van der Waals surface area contributed by atoms with E-state index in [9.17, 15) is 0 Å². The van der Waals surface area contributed by atoms with Crippen LogP contribution in [0.4, 0.5) is 0 Å². The van der Waals surface area contributed by atoms with Gasteiger partial charge in [0, 0.05) is 21.1 Å². The van der Waals surface area contributed by atoms with Crippen LogP contribution in [0.3, 0.4) is 0 Å². The molecule has 2 fully saturated rings. The normalized spacial score (nSPS) is 32.9. The van der Waals surface area contributed by atoms with Crippen molar-refractivity contribution in [3.8, 4) is 0 Å². The predicted molar refractivity (Wildman–Crippen MR) is 59.5 cm³/mol. The third-order valence-corrected chi connectivity index (χ3v) is 3.77. The molecule has 0 spiro atoms. The zero-order chi connectivity index (χ0) is 10.1. The second-order valence-corrected chi connectivity index (χ2v) is 4.52. The molecule has 2 aliphatic rings. The van der Waals surface area contributed by atoms with Gasteiger partial charge in [0.1, 0.15) is 0 Å². The minimum Gasteiger partial charge on any atom is -0.341 e. The maximum atomic E-state index is 4.37. The Kier molecular flexibility index (Phi) is 2.66. The number of hydrogen-bond acceptors (Lipinski definition) is 1. The van der Waals surface area contributed by atoms with Crippen LogP contribution >= 0.6 is 0 Å². The van der Waals surface area contributed by atoms with Gasteiger partial charge < -0.3 is 9.80 Å². The third-order valence-electron chi connectivity index (χ3n) is 3.77. The van der Waals surface area contributed by atoms with Gasteiger partial charge >= 0.3 is 0 Å². The smallest absolute Gasteiger partial charge is 0.196 e. The van der Waals surface area contributed by atoms with Crippen molar-refractivity contribution in [2.45, 2.75) is 44.2 Å². The summed E-state index contributed by atoms with van der Waals surface area (Å²) in [6.45, 7) is 0. The summed E-state index contributed by atoms with van der Waals surface area (Å²) in [5, 5.41) is 0. The standard InChI is InChI=1S/C11H21N3/c1-12-11-13(2)9-7-5-4-6-8-10(9)14(11)3/h9-10H,4-8H2,1-3H3. The van der Waals surface area contributed by atoms with Crippen molar-refractivity contribution in [2.24, 2.45) is 4.99 Å². The Morgan fingerprint density at radius 2 is 1.50 bits per heavy atom. The lowest BCUT2D eigenvalue weighted by Crippen LogP contribution is -2.33. The van der Waals surface area contributed by atoms with Gasteiger partial charge in [-0.2, -0.15) is 0 Å². The van der Waals surface area contributed by atoms with Crippen LogP contribution < -0.4 is 0 Å². The zero-order valence-electron chi connectivity index (χ0n) is 9.53. The first kappa shape index (κ1) is 9.81. The Morgan fingerprint density at radius 1 is 1.00 bits per heavy atom. The molecule has 0 radical (unpaired) electrons. The molecule has 3 heteroatoms. The van der Waals surface area contributed by atoms with E-state index in [1.54, 1.807) is 0 Å². The number of likely N-dealkylation sites (N-methyl/N-ethyl adjacent to an activating group) is 2. The minimum absolute atomic E-state index is 0.709. The van der Waals surface area contributed by atoms with Gasteiger partial charge in [0.25, 0.3) is 0 Å². The van der Waals surface area contributed by atoms with Crippen LogP contribution in [-0.2, 0) is 0 Å². The fourth-order valence-electron chi connectivity index (χ4n) is 3.03. The second-order valence-electron chi connectivity index (χ2n) is 4.52. The molecule has 1 aliphatic heterocycles. The van der Waals surface area contributed by atoms with E-state index in [0.717, 1.165) is 0 Å². The van der Waals surface area contributed by atoms with E-state index in [2.05, 4.69) is 28.9 Å². The van der Waals surface area contributed by atoms with E-state index in [4.69, 9.17) is 0 Å². The van der Waals surface area contributed by atoms with Gasteiger partial charge in [-0.05, 0) is 12.8 Å². The fourth-order valence-corrected chi connectivity index (χ4v) is 3.03. The van der Waals surface area contributed by atoms with E-state index in [-0.39, 0.29) is 0 Å². The Labute approximate surface area is 86.8 Å². The van der Waals surface area contributed by atoms with Crippen molar-refractivity contribution in [1.29, 1.82) is 0 Å². The molecular weight excluding hydrogens is 174 g/mol. The monoisotopic (exact) mass is 195 g/mol. The molecule has 3 nitrogen and oxygen atoms in total. The van der Waals surface area contributed by atoms with E-state index >= 15 is 0 Å². The average molecular weight is 195 g/mol. The highest BCUT2D eigenvalue weighted by atomic mass is 15.4. The molecule has 1 heterocycles. The lowest BCUT2D eigenvalue weighted by atomic mass is 10.0. The van der Waals surface area contributed by atoms with Gasteiger partial charge in [0.2, 0.25) is 0 Å². The van der Waals surface area contributed by atoms with Gasteiger partial charge in [0.15, 0.2) is 5.96 Å². The fraction of sp³-hybridized carbons (Fsp3) is 0.909. The van der Waals surface area contributed by atoms with Crippen LogP contribution in [0.1, 0.15) is 32.1 Å². The molecule has 0 aromatic rings. The van der Waals surface area contributed by atoms with Crippen LogP contribution in [0.15, 0.2) is 4.99 Å². The molecular formula is C11H21N3. The maximum Gasteiger partial charge on any atom is 0.196 e. The Balaban J connectivity index is 2.21. The first-order valence-electron chi connectivity index (χ1n) is 5.68. The van der Waals surface area contributed by atoms with E-state index < -0.39 is 0 Å². The summed E-state index contributed by atoms with van der Waals surface area (Å²) in [6.07, 6.45) is 6.86. The van der Waals surface area contributed by atoms with E-state index in [0.29, 0.717) is 12.1 Å². The van der Waals surface area contributed by atoms with Crippen LogP contribution in [0.5, 0.6) is 0 Å². The Bertz CT molecular complexity index is 217. The SMILES string of the molecule is CN=C1N(C)C2CCCCCC2N1C. The van der Waals surface area contributed by atoms with Gasteiger partial charge in [-0.1, -0.05) is 19.3 Å². The second kappa shape index (κ2) is 3.79. The molecule has 2 rings (SSSR count). The summed E-state index contributed by atoms with van der Waals surface area (Å²) in [4.78, 5) is 9.11. The molecule has 1 saturated carbocycles. The number of aliphatic imine (C=N–C) groups is 1. The van der Waals surface area contributed by atoms with Crippen molar-refractivity contribution in [3.05, 3.63) is 0 Å². The molecule has 0 aromatic carbocycles. The summed E-state index contributed by atoms with van der Waals surface area (Å²) in [6, 6.07) is 1.42. The molecule has 2 unspecified atom stereocenters. The van der Waals surface area contributed by atoms with E-state index in [1.165, 1.54) is 38.1 Å². The topological polar surface area (TPSA) is 18.8 Å². The van der Waals surface area contributed by atoms with Crippen molar-refractivity contribution >= 4 is 5.96 Å². The van der Waals surface area contributed by atoms with Gasteiger partial charge in [-0.3, -0.25) is 4.99 Å². The number of nitrogens with zero attached hydrogens (tertiary/aromatic N) is 3. The highest BCUT2D eigenvalue weighted by Gasteiger charge is 2.39. The molecule has 0 bridgehead atoms. The molecule has 2 atom stereocenters. The quantitative estimate of drug-likeness (QED) is 0.584. The van der Waals surface area contributed by atoms with Gasteiger partial charge in [0.05, 0.1) is 12.1 Å². The summed E-state index contributed by atoms with van der Waals surface area (Å²) >= 11 is 0. The average Bonchev–Trinajstić information content (AvgIpc) is 2.39. The zero-order valence-corrected chi connectivity index (χ0v) is 9.53. The number of rotatable bonds is 0. The number of fused-ring (bicyclic) bond motifs is 1. The summed E-state index contributed by atoms with van der Waals surface area (Å²) in [5.41, 5.74) is 0. The molecule has 80 valence electrons. The highest BCUT2D eigenvalue weighted by molar-refractivity contribution is 5.82. The van der Waals surface area contributed by atoms with Crippen molar-refractivity contribution < 1.29 is 0 Å². The predicted octanol–water partition coefficient (Wildman–Crippen LogP) is 1.55. The van der Waals surface area contributed by atoms with E-state index in [1.807, 2.05) is 7.05 Å². The number of hydrogen-bond donors (Lipinski definition) is 0. The van der Waals surface area contributed by atoms with Gasteiger partial charge in [-0.25, -0.2) is 0 Å². The van der Waals surface area contributed by atoms with Gasteiger partial charge in [-0.15, -0.1) is 0 Å². The summed E-state index contributed by atoms with van der Waals surface area (Å²) in [7, 11) is 6.27. The molecule has 1 saturated heterocycles. The minimum atomic E-state index is 0.709. The highest BCUT2D eigenvalue weighted by Crippen LogP contribution is 2.30. The summed E-state index contributed by atoms with van der Waals surface area (Å²) < 4.78 is 0. The molecule has 0 N–H and O–H groups in total. The maximum absolute atomic E-state index is 4.37. The van der Waals surface area contributed by atoms with Crippen molar-refractivity contribution in [3.63, 3.8) is 0 Å². The lowest BCUT2D eigenvalue weighted by Gasteiger charge is -2.22. The Hall–Kier alpha value is -0.730. The molecule has 1 aliphatic carbocycles. The molecule has 14 heavy (non-hydrogen) atoms. The largest absolute Gasteiger partial charge is 0.341 e. The van der Waals surface area contributed by atoms with Crippen molar-refractivity contribution in [2.75, 3.05) is 21.1 Å². The first-order valence-corrected chi connectivity index (χ1v) is 5.68. The van der Waals surface area contributed by atoms with Crippen molar-refractivity contribution in [1.82, 2.24) is 9.80 Å². The Morgan fingerprint density at radius 3 is 1.93 bits per heavy atom. The molecule has 0 aromatic heterocycles. The van der Waals surface area contributed by atoms with Crippen LogP contribution in [0.25, 0.3) is 0 Å². The summed E-state index contributed by atoms with van der Waals surface area (Å²) in [5.74, 6) is 1.17.